The fourth-order valence-electron chi connectivity index (χ4n) is 3.54. The Morgan fingerprint density at radius 2 is 1.94 bits per heavy atom. The van der Waals surface area contributed by atoms with Crippen molar-refractivity contribution in [2.75, 3.05) is 16.4 Å². The number of carbonyl (C=O) groups is 1. The summed E-state index contributed by atoms with van der Waals surface area (Å²) < 4.78 is 0. The molecule has 0 spiro atoms. The van der Waals surface area contributed by atoms with Gasteiger partial charge in [-0.25, -0.2) is 9.97 Å². The number of nitrogens with zero attached hydrogens (tertiary/aromatic N) is 3. The molecular weight excluding hydrogens is 414 g/mol. The quantitative estimate of drug-likeness (QED) is 0.291. The van der Waals surface area contributed by atoms with Crippen molar-refractivity contribution < 1.29 is 4.79 Å². The second kappa shape index (κ2) is 8.43. The van der Waals surface area contributed by atoms with Crippen LogP contribution >= 0.6 is 0 Å². The summed E-state index contributed by atoms with van der Waals surface area (Å²) in [5, 5.41) is 6.96. The minimum atomic E-state index is -0.260. The van der Waals surface area contributed by atoms with Crippen LogP contribution in [0.1, 0.15) is 16.1 Å². The van der Waals surface area contributed by atoms with Gasteiger partial charge in [-0.3, -0.25) is 9.78 Å². The molecule has 0 bridgehead atoms. The van der Waals surface area contributed by atoms with E-state index >= 15 is 0 Å². The van der Waals surface area contributed by atoms with Crippen LogP contribution in [0, 0.1) is 6.92 Å². The topological polar surface area (TPSA) is 122 Å². The molecule has 0 atom stereocenters. The van der Waals surface area contributed by atoms with Gasteiger partial charge in [-0.15, -0.1) is 0 Å². The number of anilines is 4. The number of hydrogen-bond donors (Lipinski definition) is 4. The monoisotopic (exact) mass is 435 g/mol. The average molecular weight is 435 g/mol. The zero-order valence-electron chi connectivity index (χ0n) is 17.8. The summed E-state index contributed by atoms with van der Waals surface area (Å²) in [6, 6.07) is 18.7. The molecule has 8 nitrogen and oxygen atoms in total. The molecule has 5 N–H and O–H groups in total. The number of aryl methyl sites for hydroxylation is 1. The average Bonchev–Trinajstić information content (AvgIpc) is 3.25. The molecular formula is C25H21N7O. The Morgan fingerprint density at radius 3 is 2.76 bits per heavy atom. The summed E-state index contributed by atoms with van der Waals surface area (Å²) in [7, 11) is 0. The van der Waals surface area contributed by atoms with Crippen molar-refractivity contribution in [2.24, 2.45) is 0 Å². The maximum Gasteiger partial charge on any atom is 0.272 e. The van der Waals surface area contributed by atoms with Gasteiger partial charge in [0.2, 0.25) is 5.95 Å². The number of nitrogen functional groups attached to an aromatic ring is 1. The predicted molar refractivity (Wildman–Crippen MR) is 130 cm³/mol. The Balaban J connectivity index is 1.36. The SMILES string of the molecule is Cc1ccc(NC(=O)c2cc3cc(Nc4nccc(-c5cccnc5)n4)ccc3[nH]2)c(N)c1. The first-order valence-electron chi connectivity index (χ1n) is 10.4. The number of pyridine rings is 1. The van der Waals surface area contributed by atoms with Gasteiger partial charge in [0.1, 0.15) is 5.69 Å². The summed E-state index contributed by atoms with van der Waals surface area (Å²) >= 11 is 0. The van der Waals surface area contributed by atoms with Crippen LogP contribution in [0.5, 0.6) is 0 Å². The molecule has 0 aliphatic carbocycles. The van der Waals surface area contributed by atoms with Gasteiger partial charge < -0.3 is 21.4 Å². The van der Waals surface area contributed by atoms with Gasteiger partial charge in [0.15, 0.2) is 0 Å². The number of amides is 1. The number of hydrogen-bond acceptors (Lipinski definition) is 6. The molecule has 8 heteroatoms. The molecule has 0 fully saturated rings. The molecule has 5 aromatic rings. The van der Waals surface area contributed by atoms with Gasteiger partial charge in [0.25, 0.3) is 5.91 Å². The summed E-state index contributed by atoms with van der Waals surface area (Å²) in [6.45, 7) is 1.95. The van der Waals surface area contributed by atoms with Crippen molar-refractivity contribution in [1.29, 1.82) is 0 Å². The van der Waals surface area contributed by atoms with Crippen molar-refractivity contribution in [3.8, 4) is 11.3 Å². The zero-order chi connectivity index (χ0) is 22.8. The lowest BCUT2D eigenvalue weighted by Gasteiger charge is -2.07. The molecule has 162 valence electrons. The number of carbonyl (C=O) groups excluding carboxylic acids is 1. The second-order valence-corrected chi connectivity index (χ2v) is 7.66. The Morgan fingerprint density at radius 1 is 1.03 bits per heavy atom. The third kappa shape index (κ3) is 4.35. The molecule has 3 aromatic heterocycles. The number of fused-ring (bicyclic) bond motifs is 1. The predicted octanol–water partition coefficient (Wildman–Crippen LogP) is 4.91. The van der Waals surface area contributed by atoms with Crippen molar-refractivity contribution in [3.63, 3.8) is 0 Å². The van der Waals surface area contributed by atoms with E-state index in [2.05, 4.69) is 30.6 Å². The summed E-state index contributed by atoms with van der Waals surface area (Å²) in [4.78, 5) is 28.9. The van der Waals surface area contributed by atoms with Crippen molar-refractivity contribution in [1.82, 2.24) is 19.9 Å². The van der Waals surface area contributed by atoms with Gasteiger partial charge in [0.05, 0.1) is 17.1 Å². The minimum absolute atomic E-state index is 0.260. The van der Waals surface area contributed by atoms with E-state index in [-0.39, 0.29) is 5.91 Å². The lowest BCUT2D eigenvalue weighted by atomic mass is 10.2. The zero-order valence-corrected chi connectivity index (χ0v) is 17.8. The highest BCUT2D eigenvalue weighted by Gasteiger charge is 2.12. The highest BCUT2D eigenvalue weighted by molar-refractivity contribution is 6.07. The lowest BCUT2D eigenvalue weighted by molar-refractivity contribution is 0.102. The van der Waals surface area contributed by atoms with Crippen LogP contribution in [0.3, 0.4) is 0 Å². The van der Waals surface area contributed by atoms with Gasteiger partial charge in [-0.05, 0) is 67.1 Å². The van der Waals surface area contributed by atoms with Gasteiger partial charge in [-0.2, -0.15) is 0 Å². The molecule has 0 unspecified atom stereocenters. The van der Waals surface area contributed by atoms with Crippen LogP contribution in [-0.2, 0) is 0 Å². The molecule has 2 aromatic carbocycles. The molecule has 0 aliphatic rings. The highest BCUT2D eigenvalue weighted by Crippen LogP contribution is 2.25. The van der Waals surface area contributed by atoms with E-state index in [9.17, 15) is 4.79 Å². The van der Waals surface area contributed by atoms with E-state index in [0.29, 0.717) is 23.0 Å². The molecule has 0 saturated heterocycles. The van der Waals surface area contributed by atoms with E-state index in [0.717, 1.165) is 33.4 Å². The van der Waals surface area contributed by atoms with Crippen LogP contribution in [0.2, 0.25) is 0 Å². The summed E-state index contributed by atoms with van der Waals surface area (Å²) in [5.74, 6) is 0.211. The van der Waals surface area contributed by atoms with Crippen molar-refractivity contribution in [2.45, 2.75) is 6.92 Å². The number of nitrogens with two attached hydrogens (primary N) is 1. The Labute approximate surface area is 189 Å². The van der Waals surface area contributed by atoms with Gasteiger partial charge >= 0.3 is 0 Å². The Bertz CT molecular complexity index is 1460. The first-order chi connectivity index (χ1) is 16.0. The standard InChI is InChI=1S/C25H21N7O/c1-15-4-6-22(19(26)11-15)31-24(33)23-13-17-12-18(5-7-20(17)30-23)29-25-28-10-8-21(32-25)16-3-2-9-27-14-16/h2-14,30H,26H2,1H3,(H,31,33)(H,28,29,32). The molecule has 1 amide bonds. The van der Waals surface area contributed by atoms with E-state index in [4.69, 9.17) is 5.73 Å². The molecule has 33 heavy (non-hydrogen) atoms. The van der Waals surface area contributed by atoms with Crippen LogP contribution in [-0.4, -0.2) is 25.8 Å². The molecule has 0 saturated carbocycles. The first-order valence-corrected chi connectivity index (χ1v) is 10.4. The smallest absolute Gasteiger partial charge is 0.272 e. The molecule has 0 aliphatic heterocycles. The normalized spacial score (nSPS) is 10.8. The fourth-order valence-corrected chi connectivity index (χ4v) is 3.54. The van der Waals surface area contributed by atoms with Gasteiger partial charge in [0, 0.05) is 40.7 Å². The van der Waals surface area contributed by atoms with Crippen molar-refractivity contribution >= 4 is 39.8 Å². The third-order valence-corrected chi connectivity index (χ3v) is 5.19. The number of nitrogens with one attached hydrogen (secondary N) is 3. The number of benzene rings is 2. The highest BCUT2D eigenvalue weighted by atomic mass is 16.1. The second-order valence-electron chi connectivity index (χ2n) is 7.66. The number of aromatic nitrogens is 4. The Hall–Kier alpha value is -4.72. The van der Waals surface area contributed by atoms with E-state index in [1.807, 2.05) is 55.5 Å². The maximum absolute atomic E-state index is 12.7. The minimum Gasteiger partial charge on any atom is -0.397 e. The van der Waals surface area contributed by atoms with Crippen LogP contribution in [0.15, 0.2) is 79.3 Å². The van der Waals surface area contributed by atoms with E-state index in [1.165, 1.54) is 0 Å². The van der Waals surface area contributed by atoms with Crippen molar-refractivity contribution in [3.05, 3.63) is 90.5 Å². The number of H-pyrrole nitrogens is 1. The summed E-state index contributed by atoms with van der Waals surface area (Å²) in [5.41, 5.74) is 11.9. The molecule has 5 rings (SSSR count). The van der Waals surface area contributed by atoms with Gasteiger partial charge in [-0.1, -0.05) is 6.07 Å². The largest absolute Gasteiger partial charge is 0.397 e. The van der Waals surface area contributed by atoms with Crippen LogP contribution in [0.4, 0.5) is 23.0 Å². The molecule has 0 radical (unpaired) electrons. The Kier molecular flexibility index (Phi) is 5.16. The van der Waals surface area contributed by atoms with E-state index in [1.54, 1.807) is 30.7 Å². The third-order valence-electron chi connectivity index (χ3n) is 5.19. The number of rotatable bonds is 5. The van der Waals surface area contributed by atoms with Crippen LogP contribution < -0.4 is 16.4 Å². The first kappa shape index (κ1) is 20.2. The van der Waals surface area contributed by atoms with Crippen LogP contribution in [0.25, 0.3) is 22.2 Å². The number of aromatic amines is 1. The maximum atomic E-state index is 12.7. The lowest BCUT2D eigenvalue weighted by Crippen LogP contribution is -2.13. The van der Waals surface area contributed by atoms with E-state index < -0.39 is 0 Å². The summed E-state index contributed by atoms with van der Waals surface area (Å²) in [6.07, 6.45) is 5.18. The fraction of sp³-hybridized carbons (Fsp3) is 0.0400. The molecule has 3 heterocycles.